The fourth-order valence-corrected chi connectivity index (χ4v) is 12.0. The smallest absolute Gasteiger partial charge is 0.244 e. The molecule has 1 aliphatic rings. The molecule has 0 aromatic heterocycles. The van der Waals surface area contributed by atoms with Gasteiger partial charge in [-0.3, -0.25) is 38.4 Å². The van der Waals surface area contributed by atoms with Gasteiger partial charge in [0.1, 0.15) is 48.0 Å². The summed E-state index contributed by atoms with van der Waals surface area (Å²) in [6, 6.07) is 25.6. The van der Waals surface area contributed by atoms with Gasteiger partial charge in [-0.1, -0.05) is 139 Å². The van der Waals surface area contributed by atoms with E-state index >= 15 is 9.59 Å². The summed E-state index contributed by atoms with van der Waals surface area (Å²) in [7, 11) is 2.04. The topological polar surface area (TPSA) is 339 Å². The summed E-state index contributed by atoms with van der Waals surface area (Å²) in [6.45, 7) is 4.86. The summed E-state index contributed by atoms with van der Waals surface area (Å²) >= 11 is 0. The molecule has 1 saturated heterocycles. The van der Waals surface area contributed by atoms with Gasteiger partial charge in [0, 0.05) is 24.3 Å². The Balaban J connectivity index is 1.30. The maximum absolute atomic E-state index is 15.2. The Bertz CT molecular complexity index is 3220. The zero-order chi connectivity index (χ0) is 59.0. The van der Waals surface area contributed by atoms with Gasteiger partial charge in [0.25, 0.3) is 0 Å². The molecule has 0 saturated carbocycles. The first kappa shape index (κ1) is 61.9. The molecule has 22 heteroatoms. The van der Waals surface area contributed by atoms with Crippen LogP contribution in [0, 0.1) is 5.92 Å². The van der Waals surface area contributed by atoms with Crippen molar-refractivity contribution in [2.75, 3.05) is 18.1 Å². The number of nitrogens with one attached hydrogen (secondary N) is 7. The number of rotatable bonds is 17. The Morgan fingerprint density at radius 2 is 1.20 bits per heavy atom. The lowest BCUT2D eigenvalue weighted by Gasteiger charge is -2.30. The predicted octanol–water partition coefficient (Wildman–Crippen LogP) is 2.65. The van der Waals surface area contributed by atoms with Crippen molar-refractivity contribution in [3.8, 4) is 5.75 Å². The third-order valence-electron chi connectivity index (χ3n) is 14.3. The number of hydrogen-bond donors (Lipinski definition) is 12. The number of aliphatic hydroxyl groups is 1. The first-order valence-corrected chi connectivity index (χ1v) is 29.7. The summed E-state index contributed by atoms with van der Waals surface area (Å²) in [5.41, 5.74) is 19.9. The molecule has 434 valence electrons. The fraction of sp³-hybridized carbons (Fsp3) is 0.367. The number of amides is 8. The summed E-state index contributed by atoms with van der Waals surface area (Å²) in [6.07, 6.45) is -0.709. The molecule has 0 spiro atoms. The third-order valence-corrected chi connectivity index (χ3v) is 16.7. The standard InChI is InChI=1S/C60H72N10O10S2/c1-33(2)51-60(80)68-50(59(79)70-52(34(3)71)53(63)73)32-82-81-31-49(67-54(74)45(62)27-36-19-22-37-12-4-5-13-38(37)26-36)58(78)65-47(28-35-20-23-41(72)24-21-35)56(76)66-48(57(77)64-46(55(75)69-51)18-10-11-25-61)30-44-42-16-8-6-14-39(42)29-40-15-7-9-17-43(40)44/h4-9,12-17,19-24,26,29,33-34,45-52,71-72H,10-11,18,25,27-28,30-32,61-62H2,1-3H3,(H2,63,73)(H,64,77)(H,65,78)(H,66,76)(H,67,74)(H,68,80)(H,69,75)(H,70,79)/t34?,45-,46+,47+,48-,49+,50+,51+,52+/m1/s1. The summed E-state index contributed by atoms with van der Waals surface area (Å²) in [5, 5.41) is 45.1. The second-order valence-electron chi connectivity index (χ2n) is 20.9. The van der Waals surface area contributed by atoms with Crippen LogP contribution in [0.2, 0.25) is 0 Å². The summed E-state index contributed by atoms with van der Waals surface area (Å²) in [4.78, 5) is 115. The van der Waals surface area contributed by atoms with E-state index in [2.05, 4.69) is 37.2 Å². The summed E-state index contributed by atoms with van der Waals surface area (Å²) in [5.74, 6) is -7.69. The first-order chi connectivity index (χ1) is 39.3. The number of carbonyl (C=O) groups excluding carboxylic acids is 8. The molecule has 9 atom stereocenters. The lowest BCUT2D eigenvalue weighted by molar-refractivity contribution is -0.136. The number of phenolic OH excluding ortho intramolecular Hbond substituents is 1. The molecule has 7 rings (SSSR count). The minimum absolute atomic E-state index is 0.0514. The van der Waals surface area contributed by atoms with Gasteiger partial charge in [-0.15, -0.1) is 0 Å². The molecule has 1 fully saturated rings. The minimum atomic E-state index is -1.56. The lowest BCUT2D eigenvalue weighted by atomic mass is 9.92. The number of benzene rings is 6. The molecule has 6 aromatic carbocycles. The van der Waals surface area contributed by atoms with Gasteiger partial charge < -0.3 is 64.6 Å². The number of fused-ring (bicyclic) bond motifs is 3. The lowest BCUT2D eigenvalue weighted by Crippen LogP contribution is -2.62. The number of aliphatic hydroxyl groups excluding tert-OH is 1. The van der Waals surface area contributed by atoms with Crippen LogP contribution in [0.25, 0.3) is 32.3 Å². The highest BCUT2D eigenvalue weighted by molar-refractivity contribution is 8.76. The van der Waals surface area contributed by atoms with Crippen LogP contribution in [-0.2, 0) is 57.6 Å². The molecular formula is C60H72N10O10S2. The molecule has 82 heavy (non-hydrogen) atoms. The van der Waals surface area contributed by atoms with E-state index in [0.717, 1.165) is 59.5 Å². The van der Waals surface area contributed by atoms with Crippen LogP contribution in [0.5, 0.6) is 5.75 Å². The quantitative estimate of drug-likeness (QED) is 0.0355. The van der Waals surface area contributed by atoms with Gasteiger partial charge in [-0.05, 0) is 112 Å². The normalized spacial score (nSPS) is 21.0. The van der Waals surface area contributed by atoms with E-state index in [0.29, 0.717) is 24.0 Å². The van der Waals surface area contributed by atoms with Crippen molar-refractivity contribution in [2.24, 2.45) is 23.1 Å². The van der Waals surface area contributed by atoms with Crippen molar-refractivity contribution in [2.45, 2.75) is 114 Å². The van der Waals surface area contributed by atoms with Crippen LogP contribution >= 0.6 is 21.6 Å². The highest BCUT2D eigenvalue weighted by atomic mass is 33.1. The molecule has 8 amide bonds. The van der Waals surface area contributed by atoms with Crippen LogP contribution < -0.4 is 54.4 Å². The monoisotopic (exact) mass is 1160 g/mol. The van der Waals surface area contributed by atoms with Crippen molar-refractivity contribution >= 4 is 101 Å². The van der Waals surface area contributed by atoms with E-state index < -0.39 is 108 Å². The van der Waals surface area contributed by atoms with Gasteiger partial charge in [-0.25, -0.2) is 0 Å². The minimum Gasteiger partial charge on any atom is -0.508 e. The van der Waals surface area contributed by atoms with Gasteiger partial charge in [-0.2, -0.15) is 0 Å². The maximum atomic E-state index is 15.2. The second kappa shape index (κ2) is 29.3. The largest absolute Gasteiger partial charge is 0.508 e. The van der Waals surface area contributed by atoms with Crippen LogP contribution in [-0.4, -0.2) is 130 Å². The van der Waals surface area contributed by atoms with Gasteiger partial charge >= 0.3 is 0 Å². The molecule has 0 bridgehead atoms. The number of primary amides is 1. The maximum Gasteiger partial charge on any atom is 0.244 e. The average Bonchev–Trinajstić information content (AvgIpc) is 3.10. The number of carbonyl (C=O) groups is 8. The van der Waals surface area contributed by atoms with Crippen LogP contribution in [0.15, 0.2) is 121 Å². The van der Waals surface area contributed by atoms with Crippen LogP contribution in [0.4, 0.5) is 0 Å². The predicted molar refractivity (Wildman–Crippen MR) is 320 cm³/mol. The van der Waals surface area contributed by atoms with Gasteiger partial charge in [0.15, 0.2) is 0 Å². The van der Waals surface area contributed by atoms with Gasteiger partial charge in [0.2, 0.25) is 47.3 Å². The molecule has 20 nitrogen and oxygen atoms in total. The Morgan fingerprint density at radius 3 is 1.82 bits per heavy atom. The first-order valence-electron chi connectivity index (χ1n) is 27.2. The third kappa shape index (κ3) is 16.7. The summed E-state index contributed by atoms with van der Waals surface area (Å²) < 4.78 is 0. The Labute approximate surface area is 483 Å². The highest BCUT2D eigenvalue weighted by Crippen LogP contribution is 2.30. The number of hydrogen-bond acceptors (Lipinski definition) is 14. The van der Waals surface area contributed by atoms with Crippen molar-refractivity contribution in [1.29, 1.82) is 0 Å². The number of nitrogens with two attached hydrogens (primary N) is 3. The molecule has 15 N–H and O–H groups in total. The van der Waals surface area contributed by atoms with Gasteiger partial charge in [0.05, 0.1) is 12.1 Å². The van der Waals surface area contributed by atoms with Crippen molar-refractivity contribution in [3.63, 3.8) is 0 Å². The van der Waals surface area contributed by atoms with E-state index in [1.807, 2.05) is 97.1 Å². The zero-order valence-electron chi connectivity index (χ0n) is 45.9. The van der Waals surface area contributed by atoms with E-state index in [1.165, 1.54) is 19.1 Å². The van der Waals surface area contributed by atoms with Crippen molar-refractivity contribution < 1.29 is 48.6 Å². The van der Waals surface area contributed by atoms with E-state index in [-0.39, 0.29) is 49.5 Å². The highest BCUT2D eigenvalue weighted by Gasteiger charge is 2.37. The number of unbranched alkanes of at least 4 members (excludes halogenated alkanes) is 1. The molecule has 0 aliphatic carbocycles. The van der Waals surface area contributed by atoms with Crippen molar-refractivity contribution in [3.05, 3.63) is 138 Å². The fourth-order valence-electron chi connectivity index (χ4n) is 9.72. The van der Waals surface area contributed by atoms with Crippen LogP contribution in [0.3, 0.4) is 0 Å². The van der Waals surface area contributed by atoms with E-state index in [1.54, 1.807) is 26.0 Å². The van der Waals surface area contributed by atoms with E-state index in [4.69, 9.17) is 17.2 Å². The SMILES string of the molecule is CC(C)[C@@H]1NC(=O)[C@H](CCCCN)NC(=O)[C@@H](Cc2c3ccccc3cc3ccccc23)NC(=O)[C@H](Cc2ccc(O)cc2)NC(=O)[C@@H](NC(=O)[C@H](N)Cc2ccc3ccccc3c2)CSSC[C@@H](C(=O)N[C@H](C(N)=O)C(C)O)NC1=O. The average molecular weight is 1160 g/mol. The Morgan fingerprint density at radius 1 is 0.634 bits per heavy atom. The molecule has 0 radical (unpaired) electrons. The van der Waals surface area contributed by atoms with E-state index in [9.17, 15) is 39.0 Å². The Hall–Kier alpha value is -7.76. The molecule has 1 unspecified atom stereocenters. The van der Waals surface area contributed by atoms with Crippen molar-refractivity contribution in [1.82, 2.24) is 37.2 Å². The molecule has 1 aliphatic heterocycles. The second-order valence-corrected chi connectivity index (χ2v) is 23.4. The Kier molecular flexibility index (Phi) is 22.1. The number of aromatic hydroxyl groups is 1. The molecular weight excluding hydrogens is 1080 g/mol. The molecule has 1 heterocycles. The number of phenols is 1. The molecule has 6 aromatic rings. The zero-order valence-corrected chi connectivity index (χ0v) is 47.5. The van der Waals surface area contributed by atoms with Crippen LogP contribution in [0.1, 0.15) is 56.7 Å².